The van der Waals surface area contributed by atoms with Gasteiger partial charge in [0.05, 0.1) is 0 Å². The van der Waals surface area contributed by atoms with E-state index in [9.17, 15) is 0 Å². The summed E-state index contributed by atoms with van der Waals surface area (Å²) in [6.07, 6.45) is 5.49. The summed E-state index contributed by atoms with van der Waals surface area (Å²) in [5, 5.41) is 0. The summed E-state index contributed by atoms with van der Waals surface area (Å²) < 4.78 is 0. The van der Waals surface area contributed by atoms with Gasteiger partial charge in [0.15, 0.2) is 0 Å². The maximum absolute atomic E-state index is 2.52. The van der Waals surface area contributed by atoms with Crippen LogP contribution >= 0.6 is 0 Å². The van der Waals surface area contributed by atoms with Crippen molar-refractivity contribution in [1.29, 1.82) is 0 Å². The molecule has 2 rings (SSSR count). The molecule has 0 aliphatic heterocycles. The molecule has 0 unspecified atom stereocenters. The maximum Gasteiger partial charge on any atom is 4.00 e. The summed E-state index contributed by atoms with van der Waals surface area (Å²) in [5.74, 6) is 0. The molecule has 0 amide bonds. The van der Waals surface area contributed by atoms with E-state index in [0.717, 1.165) is 0 Å². The van der Waals surface area contributed by atoms with E-state index in [4.69, 9.17) is 0 Å². The topological polar surface area (TPSA) is 0 Å². The Hall–Kier alpha value is 0.281. The molecule has 1 aliphatic rings. The SMILES string of the molecule is C[c-]1c(C[Si](C)(C)C)cc2c1CCCC2.[CH3-].[CH3-].[CH3-].[Ti+4]. The summed E-state index contributed by atoms with van der Waals surface area (Å²) in [6.45, 7) is 9.76. The standard InChI is InChI=1S/C14H23Si.3CH3.Ti/c1-11-13(10-15(2,3)4)9-12-7-5-6-8-14(11)12;;;;/h9H,5-8,10H2,1-4H3;3*1H3;/q4*-1;+4. The molecule has 0 saturated carbocycles. The first-order chi connectivity index (χ1) is 6.97. The van der Waals surface area contributed by atoms with Crippen molar-refractivity contribution in [3.8, 4) is 0 Å². The third-order valence-corrected chi connectivity index (χ3v) is 4.96. The van der Waals surface area contributed by atoms with Gasteiger partial charge in [-0.05, 0) is 0 Å². The van der Waals surface area contributed by atoms with Crippen molar-refractivity contribution in [2.24, 2.45) is 0 Å². The van der Waals surface area contributed by atoms with Gasteiger partial charge in [0.1, 0.15) is 0 Å². The summed E-state index contributed by atoms with van der Waals surface area (Å²) in [6, 6.07) is 3.88. The van der Waals surface area contributed by atoms with Crippen LogP contribution in [0.4, 0.5) is 0 Å². The van der Waals surface area contributed by atoms with Crippen LogP contribution in [0.15, 0.2) is 6.07 Å². The van der Waals surface area contributed by atoms with Gasteiger partial charge in [0.2, 0.25) is 0 Å². The minimum atomic E-state index is -0.944. The first kappa shape index (κ1) is 24.3. The Morgan fingerprint density at radius 1 is 1.05 bits per heavy atom. The molecule has 0 heterocycles. The van der Waals surface area contributed by atoms with Crippen molar-refractivity contribution in [3.05, 3.63) is 50.6 Å². The molecule has 2 heteroatoms. The van der Waals surface area contributed by atoms with Crippen LogP contribution in [-0.2, 0) is 40.6 Å². The van der Waals surface area contributed by atoms with Crippen LogP contribution in [0.3, 0.4) is 0 Å². The average Bonchev–Trinajstić information content (AvgIpc) is 2.42. The first-order valence-electron chi connectivity index (χ1n) is 6.24. The van der Waals surface area contributed by atoms with Gasteiger partial charge < -0.3 is 22.3 Å². The van der Waals surface area contributed by atoms with Crippen molar-refractivity contribution in [1.82, 2.24) is 0 Å². The predicted molar refractivity (Wildman–Crippen MR) is 89.7 cm³/mol. The van der Waals surface area contributed by atoms with Crippen molar-refractivity contribution >= 4 is 8.07 Å². The molecule has 1 aliphatic carbocycles. The fourth-order valence-electron chi connectivity index (χ4n) is 2.78. The number of aryl methyl sites for hydroxylation is 1. The van der Waals surface area contributed by atoms with E-state index >= 15 is 0 Å². The van der Waals surface area contributed by atoms with Gasteiger partial charge in [0.25, 0.3) is 0 Å². The van der Waals surface area contributed by atoms with Crippen LogP contribution in [0, 0.1) is 29.2 Å². The average molecular weight is 312 g/mol. The maximum atomic E-state index is 2.52. The van der Waals surface area contributed by atoms with Gasteiger partial charge in [-0.3, -0.25) is 0 Å². The van der Waals surface area contributed by atoms with Crippen LogP contribution in [0.1, 0.15) is 35.1 Å². The molecule has 0 fully saturated rings. The van der Waals surface area contributed by atoms with Crippen LogP contribution in [0.2, 0.25) is 19.6 Å². The summed E-state index contributed by atoms with van der Waals surface area (Å²) >= 11 is 0. The number of hydrogen-bond acceptors (Lipinski definition) is 0. The fourth-order valence-corrected chi connectivity index (χ4v) is 4.29. The molecular weight excluding hydrogens is 280 g/mol. The van der Waals surface area contributed by atoms with Gasteiger partial charge in [-0.1, -0.05) is 58.3 Å². The fraction of sp³-hybridized carbons (Fsp3) is 0.529. The molecule has 0 spiro atoms. The molecule has 1 aromatic carbocycles. The van der Waals surface area contributed by atoms with Crippen LogP contribution in [0.25, 0.3) is 0 Å². The molecule has 0 aromatic heterocycles. The van der Waals surface area contributed by atoms with Gasteiger partial charge >= 0.3 is 21.7 Å². The normalized spacial score (nSPS) is 13.1. The Balaban J connectivity index is -0.000000640. The third-order valence-electron chi connectivity index (χ3n) is 3.51. The van der Waals surface area contributed by atoms with E-state index in [1.54, 1.807) is 22.3 Å². The summed E-state index contributed by atoms with van der Waals surface area (Å²) in [4.78, 5) is 0. The number of fused-ring (bicyclic) bond motifs is 1. The quantitative estimate of drug-likeness (QED) is 0.509. The summed E-state index contributed by atoms with van der Waals surface area (Å²) in [7, 11) is -0.944. The number of hydrogen-bond donors (Lipinski definition) is 0. The van der Waals surface area contributed by atoms with Gasteiger partial charge in [0, 0.05) is 8.07 Å². The Morgan fingerprint density at radius 2 is 1.58 bits per heavy atom. The monoisotopic (exact) mass is 312 g/mol. The number of rotatable bonds is 2. The van der Waals surface area contributed by atoms with Gasteiger partial charge in [-0.2, -0.15) is 22.3 Å². The molecule has 0 bridgehead atoms. The molecule has 19 heavy (non-hydrogen) atoms. The molecular formula is C17H32SiTi. The molecule has 0 N–H and O–H groups in total. The zero-order chi connectivity index (χ0) is 11.1. The predicted octanol–water partition coefficient (Wildman–Crippen LogP) is 5.36. The Labute approximate surface area is 138 Å². The summed E-state index contributed by atoms with van der Waals surface area (Å²) in [5.41, 5.74) is 6.68. The van der Waals surface area contributed by atoms with Crippen LogP contribution in [0.5, 0.6) is 0 Å². The van der Waals surface area contributed by atoms with E-state index in [1.807, 2.05) is 0 Å². The second-order valence-electron chi connectivity index (χ2n) is 6.24. The van der Waals surface area contributed by atoms with E-state index in [1.165, 1.54) is 31.7 Å². The van der Waals surface area contributed by atoms with Crippen molar-refractivity contribution < 1.29 is 21.7 Å². The van der Waals surface area contributed by atoms with Crippen molar-refractivity contribution in [3.63, 3.8) is 0 Å². The van der Waals surface area contributed by atoms with E-state index in [0.29, 0.717) is 0 Å². The van der Waals surface area contributed by atoms with E-state index < -0.39 is 8.07 Å². The second kappa shape index (κ2) is 9.26. The first-order valence-corrected chi connectivity index (χ1v) is 9.95. The van der Waals surface area contributed by atoms with Crippen LogP contribution in [-0.4, -0.2) is 8.07 Å². The molecule has 1 aromatic rings. The van der Waals surface area contributed by atoms with Gasteiger partial charge in [-0.25, -0.2) is 6.07 Å². The molecule has 108 valence electrons. The Morgan fingerprint density at radius 3 is 2.05 bits per heavy atom. The Kier molecular flexibility index (Phi) is 11.8. The smallest absolute Gasteiger partial charge is 0.358 e. The van der Waals surface area contributed by atoms with Gasteiger partial charge in [-0.15, -0.1) is 0 Å². The molecule has 0 atom stereocenters. The molecule has 0 nitrogen and oxygen atoms in total. The largest absolute Gasteiger partial charge is 4.00 e. The zero-order valence-electron chi connectivity index (χ0n) is 14.1. The van der Waals surface area contributed by atoms with Crippen molar-refractivity contribution in [2.45, 2.75) is 58.3 Å². The second-order valence-corrected chi connectivity index (χ2v) is 11.7. The molecule has 0 radical (unpaired) electrons. The minimum absolute atomic E-state index is 0. The zero-order valence-corrected chi connectivity index (χ0v) is 16.7. The van der Waals surface area contributed by atoms with E-state index in [-0.39, 0.29) is 44.0 Å². The van der Waals surface area contributed by atoms with Crippen molar-refractivity contribution in [2.75, 3.05) is 0 Å². The van der Waals surface area contributed by atoms with E-state index in [2.05, 4.69) is 32.6 Å². The third kappa shape index (κ3) is 6.06. The Bertz CT molecular complexity index is 358. The van der Waals surface area contributed by atoms with Crippen LogP contribution < -0.4 is 0 Å². The molecule has 0 saturated heterocycles. The minimum Gasteiger partial charge on any atom is -0.358 e.